The molecule has 0 aromatic carbocycles. The molecule has 6 heteroatoms. The first-order valence-corrected chi connectivity index (χ1v) is 4.33. The van der Waals surface area contributed by atoms with Gasteiger partial charge in [0.15, 0.2) is 5.82 Å². The van der Waals surface area contributed by atoms with Crippen LogP contribution in [0.5, 0.6) is 0 Å². The molecule has 6 nitrogen and oxygen atoms in total. The minimum atomic E-state index is -0.313. The van der Waals surface area contributed by atoms with E-state index in [0.717, 1.165) is 6.54 Å². The first kappa shape index (κ1) is 10.5. The summed E-state index contributed by atoms with van der Waals surface area (Å²) in [4.78, 5) is 19.4. The van der Waals surface area contributed by atoms with Gasteiger partial charge in [-0.1, -0.05) is 0 Å². The van der Waals surface area contributed by atoms with Gasteiger partial charge in [-0.3, -0.25) is 4.79 Å². The number of hydrogen-bond donors (Lipinski definition) is 3. The molecule has 0 saturated heterocycles. The Morgan fingerprint density at radius 2 is 2.36 bits per heavy atom. The molecule has 0 aliphatic heterocycles. The number of aromatic nitrogens is 2. The molecule has 1 aromatic heterocycles. The van der Waals surface area contributed by atoms with Gasteiger partial charge in [-0.15, -0.1) is 0 Å². The summed E-state index contributed by atoms with van der Waals surface area (Å²) in [6, 6.07) is 0. The molecule has 0 aliphatic carbocycles. The number of rotatable bonds is 4. The number of nitrogens with two attached hydrogens (primary N) is 1. The number of aromatic amines is 1. The Kier molecular flexibility index (Phi) is 3.47. The fourth-order valence-electron chi connectivity index (χ4n) is 0.949. The van der Waals surface area contributed by atoms with Crippen LogP contribution in [0.4, 0.5) is 11.5 Å². The van der Waals surface area contributed by atoms with Crippen molar-refractivity contribution in [1.82, 2.24) is 14.9 Å². The first-order chi connectivity index (χ1) is 6.61. The topological polar surface area (TPSA) is 87.0 Å². The number of nitrogens with zero attached hydrogens (tertiary/aromatic N) is 2. The SMILES string of the molecule is CN(C)CCNc1nc[nH]c(=O)c1N. The number of likely N-dealkylation sites (N-methyl/N-ethyl adjacent to an activating group) is 1. The average molecular weight is 197 g/mol. The van der Waals surface area contributed by atoms with E-state index in [1.807, 2.05) is 19.0 Å². The van der Waals surface area contributed by atoms with Crippen LogP contribution in [0.15, 0.2) is 11.1 Å². The maximum absolute atomic E-state index is 11.1. The summed E-state index contributed by atoms with van der Waals surface area (Å²) in [6.45, 7) is 1.56. The molecular weight excluding hydrogens is 182 g/mol. The number of nitrogen functional groups attached to an aromatic ring is 1. The fourth-order valence-corrected chi connectivity index (χ4v) is 0.949. The lowest BCUT2D eigenvalue weighted by molar-refractivity contribution is 0.425. The molecule has 1 aromatic rings. The molecule has 0 aliphatic rings. The monoisotopic (exact) mass is 197 g/mol. The van der Waals surface area contributed by atoms with Crippen LogP contribution in [0.25, 0.3) is 0 Å². The third-order valence-corrected chi connectivity index (χ3v) is 1.74. The highest BCUT2D eigenvalue weighted by molar-refractivity contribution is 5.58. The lowest BCUT2D eigenvalue weighted by atomic mass is 10.4. The Balaban J connectivity index is 2.59. The smallest absolute Gasteiger partial charge is 0.276 e. The van der Waals surface area contributed by atoms with E-state index in [9.17, 15) is 4.79 Å². The summed E-state index contributed by atoms with van der Waals surface area (Å²) in [6.07, 6.45) is 1.33. The van der Waals surface area contributed by atoms with Crippen molar-refractivity contribution in [2.75, 3.05) is 38.2 Å². The Bertz CT molecular complexity index is 346. The van der Waals surface area contributed by atoms with Gasteiger partial charge >= 0.3 is 0 Å². The largest absolute Gasteiger partial charge is 0.391 e. The van der Waals surface area contributed by atoms with Crippen molar-refractivity contribution in [3.8, 4) is 0 Å². The number of anilines is 2. The minimum absolute atomic E-state index is 0.131. The van der Waals surface area contributed by atoms with Gasteiger partial charge in [-0.05, 0) is 14.1 Å². The third kappa shape index (κ3) is 2.74. The Morgan fingerprint density at radius 1 is 1.64 bits per heavy atom. The summed E-state index contributed by atoms with van der Waals surface area (Å²) >= 11 is 0. The summed E-state index contributed by atoms with van der Waals surface area (Å²) in [5.41, 5.74) is 5.34. The average Bonchev–Trinajstić information content (AvgIpc) is 2.12. The zero-order valence-electron chi connectivity index (χ0n) is 8.37. The molecule has 78 valence electrons. The van der Waals surface area contributed by atoms with E-state index in [1.165, 1.54) is 6.33 Å². The van der Waals surface area contributed by atoms with E-state index in [2.05, 4.69) is 15.3 Å². The van der Waals surface area contributed by atoms with Crippen molar-refractivity contribution in [3.05, 3.63) is 16.7 Å². The normalized spacial score (nSPS) is 10.5. The zero-order chi connectivity index (χ0) is 10.6. The van der Waals surface area contributed by atoms with E-state index >= 15 is 0 Å². The minimum Gasteiger partial charge on any atom is -0.391 e. The zero-order valence-corrected chi connectivity index (χ0v) is 8.37. The second kappa shape index (κ2) is 4.61. The van der Waals surface area contributed by atoms with Crippen LogP contribution < -0.4 is 16.6 Å². The Hall–Kier alpha value is -1.56. The van der Waals surface area contributed by atoms with E-state index in [-0.39, 0.29) is 11.2 Å². The molecule has 1 heterocycles. The molecule has 1 rings (SSSR count). The van der Waals surface area contributed by atoms with E-state index in [1.54, 1.807) is 0 Å². The summed E-state index contributed by atoms with van der Waals surface area (Å²) < 4.78 is 0. The third-order valence-electron chi connectivity index (χ3n) is 1.74. The summed E-state index contributed by atoms with van der Waals surface area (Å²) in [7, 11) is 3.94. The van der Waals surface area contributed by atoms with Crippen LogP contribution in [0, 0.1) is 0 Å². The molecule has 0 radical (unpaired) electrons. The molecule has 0 amide bonds. The molecule has 0 fully saturated rings. The molecule has 0 bridgehead atoms. The standard InChI is InChI=1S/C8H15N5O/c1-13(2)4-3-10-7-6(9)8(14)12-5-11-7/h5H,3-4,9H2,1-2H3,(H2,10,11,12,14). The van der Waals surface area contributed by atoms with Crippen molar-refractivity contribution >= 4 is 11.5 Å². The number of nitrogens with one attached hydrogen (secondary N) is 2. The van der Waals surface area contributed by atoms with Crippen molar-refractivity contribution in [3.63, 3.8) is 0 Å². The Morgan fingerprint density at radius 3 is 3.00 bits per heavy atom. The molecular formula is C8H15N5O. The van der Waals surface area contributed by atoms with Crippen LogP contribution in [0.1, 0.15) is 0 Å². The summed E-state index contributed by atoms with van der Waals surface area (Å²) in [5, 5.41) is 2.99. The van der Waals surface area contributed by atoms with Gasteiger partial charge < -0.3 is 20.9 Å². The molecule has 0 spiro atoms. The van der Waals surface area contributed by atoms with Crippen molar-refractivity contribution in [1.29, 1.82) is 0 Å². The fraction of sp³-hybridized carbons (Fsp3) is 0.500. The van der Waals surface area contributed by atoms with Crippen LogP contribution in [0.3, 0.4) is 0 Å². The lowest BCUT2D eigenvalue weighted by Gasteiger charge is -2.11. The second-order valence-electron chi connectivity index (χ2n) is 3.22. The molecule has 14 heavy (non-hydrogen) atoms. The second-order valence-corrected chi connectivity index (χ2v) is 3.22. The van der Waals surface area contributed by atoms with Crippen LogP contribution in [0.2, 0.25) is 0 Å². The van der Waals surface area contributed by atoms with Gasteiger partial charge in [0.2, 0.25) is 0 Å². The van der Waals surface area contributed by atoms with Gasteiger partial charge in [0.25, 0.3) is 5.56 Å². The van der Waals surface area contributed by atoms with Gasteiger partial charge in [0, 0.05) is 13.1 Å². The number of hydrogen-bond acceptors (Lipinski definition) is 5. The van der Waals surface area contributed by atoms with Crippen molar-refractivity contribution < 1.29 is 0 Å². The first-order valence-electron chi connectivity index (χ1n) is 4.33. The van der Waals surface area contributed by atoms with Gasteiger partial charge in [0.1, 0.15) is 5.69 Å². The maximum Gasteiger partial charge on any atom is 0.276 e. The van der Waals surface area contributed by atoms with Crippen LogP contribution in [-0.4, -0.2) is 42.1 Å². The van der Waals surface area contributed by atoms with E-state index in [0.29, 0.717) is 12.4 Å². The highest BCUT2D eigenvalue weighted by atomic mass is 16.1. The predicted molar refractivity (Wildman–Crippen MR) is 56.3 cm³/mol. The van der Waals surface area contributed by atoms with Crippen molar-refractivity contribution in [2.24, 2.45) is 0 Å². The molecule has 0 atom stereocenters. The van der Waals surface area contributed by atoms with E-state index in [4.69, 9.17) is 5.73 Å². The summed E-state index contributed by atoms with van der Waals surface area (Å²) in [5.74, 6) is 0.440. The quantitative estimate of drug-likeness (QED) is 0.595. The molecule has 4 N–H and O–H groups in total. The maximum atomic E-state index is 11.1. The van der Waals surface area contributed by atoms with Crippen molar-refractivity contribution in [2.45, 2.75) is 0 Å². The molecule has 0 unspecified atom stereocenters. The predicted octanol–water partition coefficient (Wildman–Crippen LogP) is -0.674. The highest BCUT2D eigenvalue weighted by Crippen LogP contribution is 2.05. The van der Waals surface area contributed by atoms with Gasteiger partial charge in [0.05, 0.1) is 6.33 Å². The van der Waals surface area contributed by atoms with Gasteiger partial charge in [-0.2, -0.15) is 0 Å². The van der Waals surface area contributed by atoms with E-state index < -0.39 is 0 Å². The lowest BCUT2D eigenvalue weighted by Crippen LogP contribution is -2.23. The number of H-pyrrole nitrogens is 1. The van der Waals surface area contributed by atoms with Crippen LogP contribution in [-0.2, 0) is 0 Å². The molecule has 0 saturated carbocycles. The highest BCUT2D eigenvalue weighted by Gasteiger charge is 2.02. The Labute approximate surface area is 82.1 Å². The van der Waals surface area contributed by atoms with Gasteiger partial charge in [-0.25, -0.2) is 4.98 Å². The van der Waals surface area contributed by atoms with Crippen LogP contribution >= 0.6 is 0 Å².